The number of phenolic OH excluding ortho intramolecular Hbond substituents is 1. The second-order valence-electron chi connectivity index (χ2n) is 10.8. The molecule has 4 aliphatic heterocycles. The number of benzene rings is 2. The van der Waals surface area contributed by atoms with E-state index in [4.69, 9.17) is 28.4 Å². The molecule has 5 N–H and O–H groups in total. The maximum atomic E-state index is 13.3. The van der Waals surface area contributed by atoms with Crippen molar-refractivity contribution in [1.82, 2.24) is 0 Å². The monoisotopic (exact) mass is 628 g/mol. The summed E-state index contributed by atoms with van der Waals surface area (Å²) in [6, 6.07) is 12.0. The molecule has 45 heavy (non-hydrogen) atoms. The number of allylic oxidation sites excluding steroid dienone is 1. The number of esters is 2. The third kappa shape index (κ3) is 7.47. The maximum absolute atomic E-state index is 13.3. The minimum Gasteiger partial charge on any atom is -0.504 e. The van der Waals surface area contributed by atoms with E-state index in [9.17, 15) is 35.1 Å². The topological polar surface area (TPSA) is 191 Å². The van der Waals surface area contributed by atoms with E-state index in [-0.39, 0.29) is 36.7 Å². The number of phenols is 1. The largest absolute Gasteiger partial charge is 0.504 e. The summed E-state index contributed by atoms with van der Waals surface area (Å²) in [5.41, 5.74) is 1.98. The van der Waals surface area contributed by atoms with Gasteiger partial charge in [-0.2, -0.15) is 0 Å². The maximum Gasteiger partial charge on any atom is 0.337 e. The number of carbonyl (C=O) groups excluding carboxylic acids is 2. The Morgan fingerprint density at radius 2 is 1.64 bits per heavy atom. The quantitative estimate of drug-likeness (QED) is 0.242. The fourth-order valence-electron chi connectivity index (χ4n) is 5.31. The van der Waals surface area contributed by atoms with Gasteiger partial charge < -0.3 is 54.0 Å². The van der Waals surface area contributed by atoms with Gasteiger partial charge in [-0.15, -0.1) is 0 Å². The normalized spacial score (nSPS) is 30.4. The van der Waals surface area contributed by atoms with Gasteiger partial charge in [0.05, 0.1) is 38.1 Å². The van der Waals surface area contributed by atoms with Crippen molar-refractivity contribution in [2.75, 3.05) is 19.8 Å². The molecule has 13 heteroatoms. The minimum atomic E-state index is -1.70. The van der Waals surface area contributed by atoms with E-state index in [0.717, 1.165) is 17.4 Å². The van der Waals surface area contributed by atoms with Crippen molar-refractivity contribution in [1.29, 1.82) is 0 Å². The highest BCUT2D eigenvalue weighted by molar-refractivity contribution is 5.91. The predicted molar refractivity (Wildman–Crippen MR) is 154 cm³/mol. The third-order valence-electron chi connectivity index (χ3n) is 7.87. The van der Waals surface area contributed by atoms with Crippen LogP contribution < -0.4 is 4.74 Å². The smallest absolute Gasteiger partial charge is 0.337 e. The zero-order valence-corrected chi connectivity index (χ0v) is 24.5. The van der Waals surface area contributed by atoms with Gasteiger partial charge in [0.2, 0.25) is 6.29 Å². The van der Waals surface area contributed by atoms with Crippen molar-refractivity contribution in [2.45, 2.75) is 63.2 Å². The molecule has 0 aliphatic carbocycles. The molecule has 0 aromatic heterocycles. The number of aliphatic hydroxyl groups is 4. The Morgan fingerprint density at radius 3 is 2.38 bits per heavy atom. The number of ether oxygens (including phenoxy) is 6. The number of fused-ring (bicyclic) bond motifs is 9. The molecule has 1 fully saturated rings. The summed E-state index contributed by atoms with van der Waals surface area (Å²) in [6.07, 6.45) is -5.85. The van der Waals surface area contributed by atoms with Crippen molar-refractivity contribution in [3.63, 3.8) is 0 Å². The van der Waals surface area contributed by atoms with Crippen LogP contribution >= 0.6 is 0 Å². The van der Waals surface area contributed by atoms with Crippen molar-refractivity contribution in [3.05, 3.63) is 77.1 Å². The van der Waals surface area contributed by atoms with Gasteiger partial charge in [-0.3, -0.25) is 4.79 Å². The molecule has 4 bridgehead atoms. The molecule has 13 nitrogen and oxygen atoms in total. The summed E-state index contributed by atoms with van der Waals surface area (Å²) in [4.78, 5) is 26.3. The first kappa shape index (κ1) is 32.4. The number of hydrogen-bond donors (Lipinski definition) is 5. The Bertz CT molecular complexity index is 1420. The Morgan fingerprint density at radius 1 is 0.933 bits per heavy atom. The molecule has 0 radical (unpaired) electrons. The fraction of sp³-hybridized carbons (Fsp3) is 0.438. The molecule has 4 heterocycles. The summed E-state index contributed by atoms with van der Waals surface area (Å²) < 4.78 is 33.9. The van der Waals surface area contributed by atoms with Crippen LogP contribution in [0.25, 0.3) is 0 Å². The Labute approximate surface area is 258 Å². The van der Waals surface area contributed by atoms with E-state index in [2.05, 4.69) is 0 Å². The van der Waals surface area contributed by atoms with E-state index in [0.29, 0.717) is 24.2 Å². The highest BCUT2D eigenvalue weighted by Gasteiger charge is 2.47. The zero-order chi connectivity index (χ0) is 32.1. The number of carbonyl (C=O) groups is 2. The number of rotatable bonds is 3. The lowest BCUT2D eigenvalue weighted by Gasteiger charge is -2.42. The average molecular weight is 629 g/mol. The van der Waals surface area contributed by atoms with Gasteiger partial charge in [0, 0.05) is 24.3 Å². The van der Waals surface area contributed by atoms with Gasteiger partial charge in [-0.25, -0.2) is 4.79 Å². The first-order chi connectivity index (χ1) is 21.7. The van der Waals surface area contributed by atoms with E-state index in [1.165, 1.54) is 6.07 Å². The second-order valence-corrected chi connectivity index (χ2v) is 10.8. The van der Waals surface area contributed by atoms with Crippen LogP contribution in [0.3, 0.4) is 0 Å². The molecule has 0 spiro atoms. The SMILES string of the molecule is CC=C1C(OC2OC(CO)C(O)C(O)C2O)OC=C2C(=O)OCCc3ccc(cc3)Oc3cc(ccc3O)CCOC(=O)CC21. The summed E-state index contributed by atoms with van der Waals surface area (Å²) in [5, 5.41) is 50.6. The molecule has 0 saturated carbocycles. The molecule has 2 aromatic rings. The Balaban J connectivity index is 1.38. The van der Waals surface area contributed by atoms with Gasteiger partial charge >= 0.3 is 11.9 Å². The summed E-state index contributed by atoms with van der Waals surface area (Å²) in [6.45, 7) is 1.01. The van der Waals surface area contributed by atoms with Crippen LogP contribution in [0.5, 0.6) is 17.2 Å². The molecule has 0 amide bonds. The minimum absolute atomic E-state index is 0.000427. The number of aliphatic hydroxyl groups excluding tert-OH is 4. The van der Waals surface area contributed by atoms with Crippen molar-refractivity contribution < 1.29 is 63.5 Å². The van der Waals surface area contributed by atoms with Crippen LogP contribution in [-0.2, 0) is 46.1 Å². The van der Waals surface area contributed by atoms with Crippen LogP contribution in [0.1, 0.15) is 24.5 Å². The lowest BCUT2D eigenvalue weighted by atomic mass is 9.86. The Kier molecular flexibility index (Phi) is 10.4. The van der Waals surface area contributed by atoms with Crippen LogP contribution in [0.2, 0.25) is 0 Å². The van der Waals surface area contributed by atoms with Crippen LogP contribution in [0.4, 0.5) is 0 Å². The zero-order valence-electron chi connectivity index (χ0n) is 24.5. The molecular formula is C32H36O13. The Hall–Kier alpha value is -3.98. The number of hydrogen-bond acceptors (Lipinski definition) is 13. The highest BCUT2D eigenvalue weighted by atomic mass is 16.8. The molecule has 2 aromatic carbocycles. The molecule has 1 saturated heterocycles. The first-order valence-corrected chi connectivity index (χ1v) is 14.6. The highest BCUT2D eigenvalue weighted by Crippen LogP contribution is 2.37. The molecule has 7 unspecified atom stereocenters. The van der Waals surface area contributed by atoms with Gasteiger partial charge in [-0.1, -0.05) is 24.3 Å². The third-order valence-corrected chi connectivity index (χ3v) is 7.87. The number of aromatic hydroxyl groups is 1. The average Bonchev–Trinajstić information content (AvgIpc) is 3.03. The first-order valence-electron chi connectivity index (χ1n) is 14.6. The van der Waals surface area contributed by atoms with E-state index < -0.39 is 61.5 Å². The summed E-state index contributed by atoms with van der Waals surface area (Å²) in [5.74, 6) is -1.55. The van der Waals surface area contributed by atoms with Crippen molar-refractivity contribution in [3.8, 4) is 17.2 Å². The van der Waals surface area contributed by atoms with Crippen molar-refractivity contribution in [2.24, 2.45) is 5.92 Å². The van der Waals surface area contributed by atoms with Crippen molar-refractivity contribution >= 4 is 11.9 Å². The van der Waals surface area contributed by atoms with Gasteiger partial charge in [0.25, 0.3) is 0 Å². The summed E-state index contributed by atoms with van der Waals surface area (Å²) >= 11 is 0. The van der Waals surface area contributed by atoms with E-state index in [1.54, 1.807) is 37.3 Å². The van der Waals surface area contributed by atoms with Crippen LogP contribution in [0.15, 0.2) is 65.9 Å². The molecule has 4 aliphatic rings. The fourth-order valence-corrected chi connectivity index (χ4v) is 5.31. The molecule has 7 atom stereocenters. The van der Waals surface area contributed by atoms with Gasteiger partial charge in [0.1, 0.15) is 30.2 Å². The van der Waals surface area contributed by atoms with Gasteiger partial charge in [0.15, 0.2) is 17.8 Å². The standard InChI is InChI=1S/C32H36O13/c1-2-20-21-14-26(35)40-11-10-18-5-8-23(34)24(13-18)43-19-6-3-17(4-7-19)9-12-41-30(39)22(21)16-42-31(20)45-32-29(38)28(37)27(36)25(15-33)44-32/h2-8,13,16,21,25,27-29,31-34,36-38H,9-12,14-15H2,1H3. The molecular weight excluding hydrogens is 592 g/mol. The predicted octanol–water partition coefficient (Wildman–Crippen LogP) is 1.38. The van der Waals surface area contributed by atoms with E-state index in [1.807, 2.05) is 12.1 Å². The molecule has 6 rings (SSSR count). The van der Waals surface area contributed by atoms with Gasteiger partial charge in [-0.05, 0) is 42.3 Å². The van der Waals surface area contributed by atoms with Crippen LogP contribution in [-0.4, -0.2) is 94.3 Å². The molecule has 242 valence electrons. The van der Waals surface area contributed by atoms with E-state index >= 15 is 0 Å². The second kappa shape index (κ2) is 14.4. The lowest BCUT2D eigenvalue weighted by Crippen LogP contribution is -2.60. The lowest BCUT2D eigenvalue weighted by molar-refractivity contribution is -0.327. The summed E-state index contributed by atoms with van der Waals surface area (Å²) in [7, 11) is 0. The van der Waals surface area contributed by atoms with Crippen LogP contribution in [0, 0.1) is 5.92 Å².